The quantitative estimate of drug-likeness (QED) is 0.626. The average Bonchev–Trinajstić information content (AvgIpc) is 2.90. The fourth-order valence-electron chi connectivity index (χ4n) is 4.10. The first-order chi connectivity index (χ1) is 13.0. The van der Waals surface area contributed by atoms with E-state index in [-0.39, 0.29) is 19.0 Å². The Balaban J connectivity index is 0.00000225. The smallest absolute Gasteiger partial charge is 0.125 e. The van der Waals surface area contributed by atoms with Crippen molar-refractivity contribution < 1.29 is 9.84 Å². The van der Waals surface area contributed by atoms with E-state index in [2.05, 4.69) is 49.6 Å². The van der Waals surface area contributed by atoms with Gasteiger partial charge in [-0.3, -0.25) is 0 Å². The Bertz CT molecular complexity index is 939. The number of aliphatic hydroxyl groups excluding tert-OH is 1. The van der Waals surface area contributed by atoms with Crippen molar-refractivity contribution in [2.75, 3.05) is 6.61 Å². The van der Waals surface area contributed by atoms with Gasteiger partial charge in [0.2, 0.25) is 0 Å². The van der Waals surface area contributed by atoms with Gasteiger partial charge in [-0.2, -0.15) is 0 Å². The molecule has 1 N–H and O–H groups in total. The summed E-state index contributed by atoms with van der Waals surface area (Å²) in [6, 6.07) is 12.4. The first-order valence-electron chi connectivity index (χ1n) is 9.87. The lowest BCUT2D eigenvalue weighted by Crippen LogP contribution is -2.26. The Morgan fingerprint density at radius 2 is 1.82 bits per heavy atom. The van der Waals surface area contributed by atoms with Crippen LogP contribution in [0.4, 0.5) is 0 Å². The zero-order valence-corrected chi connectivity index (χ0v) is 17.6. The predicted octanol–water partition coefficient (Wildman–Crippen LogP) is 5.09. The molecule has 1 unspecified atom stereocenters. The molecular weight excluding hydrogens is 372 g/mol. The molecule has 0 amide bonds. The van der Waals surface area contributed by atoms with Crippen LogP contribution in [0.2, 0.25) is 0 Å². The number of hydrogen-bond acceptors (Lipinski definition) is 3. The summed E-state index contributed by atoms with van der Waals surface area (Å²) in [5.41, 5.74) is 5.57. The molecule has 1 saturated carbocycles. The van der Waals surface area contributed by atoms with Gasteiger partial charge in [0.15, 0.2) is 0 Å². The van der Waals surface area contributed by atoms with E-state index in [9.17, 15) is 5.11 Å². The van der Waals surface area contributed by atoms with E-state index in [1.54, 1.807) is 0 Å². The molecule has 4 rings (SSSR count). The van der Waals surface area contributed by atoms with E-state index >= 15 is 0 Å². The minimum atomic E-state index is -0.582. The molecular formula is C23H29ClN2O2. The van der Waals surface area contributed by atoms with Crippen molar-refractivity contribution in [2.24, 2.45) is 0 Å². The number of fused-ring (bicyclic) bond motifs is 1. The minimum absolute atomic E-state index is 0. The van der Waals surface area contributed by atoms with Crippen LogP contribution in [0, 0.1) is 20.8 Å². The van der Waals surface area contributed by atoms with Crippen LogP contribution in [0.5, 0.6) is 5.75 Å². The van der Waals surface area contributed by atoms with Crippen LogP contribution in [0.3, 0.4) is 0 Å². The summed E-state index contributed by atoms with van der Waals surface area (Å²) in [5.74, 6) is 2.52. The van der Waals surface area contributed by atoms with Gasteiger partial charge < -0.3 is 14.4 Å². The monoisotopic (exact) mass is 400 g/mol. The highest BCUT2D eigenvalue weighted by atomic mass is 35.5. The van der Waals surface area contributed by atoms with Gasteiger partial charge in [-0.15, -0.1) is 12.4 Å². The second-order valence-corrected chi connectivity index (χ2v) is 7.89. The van der Waals surface area contributed by atoms with E-state index in [4.69, 9.17) is 9.72 Å². The first-order valence-corrected chi connectivity index (χ1v) is 9.87. The molecule has 0 bridgehead atoms. The highest BCUT2D eigenvalue weighted by Gasteiger charge is 2.26. The highest BCUT2D eigenvalue weighted by molar-refractivity contribution is 5.85. The van der Waals surface area contributed by atoms with E-state index in [0.717, 1.165) is 33.7 Å². The number of aryl methyl sites for hydroxylation is 3. The van der Waals surface area contributed by atoms with Crippen LogP contribution >= 0.6 is 12.4 Å². The lowest BCUT2D eigenvalue weighted by Gasteiger charge is -2.26. The number of hydrogen-bond donors (Lipinski definition) is 1. The Morgan fingerprint density at radius 1 is 1.14 bits per heavy atom. The molecule has 150 valence electrons. The zero-order valence-electron chi connectivity index (χ0n) is 16.8. The molecule has 1 aliphatic carbocycles. The third kappa shape index (κ3) is 4.03. The first kappa shape index (κ1) is 20.7. The number of aromatic nitrogens is 2. The minimum Gasteiger partial charge on any atom is -0.490 e. The average molecular weight is 401 g/mol. The predicted molar refractivity (Wildman–Crippen MR) is 116 cm³/mol. The van der Waals surface area contributed by atoms with Crippen molar-refractivity contribution in [1.82, 2.24) is 9.55 Å². The number of halogens is 1. The number of nitrogens with zero attached hydrogens (tertiary/aromatic N) is 2. The van der Waals surface area contributed by atoms with Crippen molar-refractivity contribution in [2.45, 2.75) is 58.6 Å². The van der Waals surface area contributed by atoms with Crippen molar-refractivity contribution in [3.63, 3.8) is 0 Å². The molecule has 1 atom stereocenters. The Hall–Kier alpha value is -2.04. The normalized spacial score (nSPS) is 15.1. The fraction of sp³-hybridized carbons (Fsp3) is 0.435. The summed E-state index contributed by atoms with van der Waals surface area (Å²) in [5, 5.41) is 10.7. The summed E-state index contributed by atoms with van der Waals surface area (Å²) in [6.07, 6.45) is 3.07. The van der Waals surface area contributed by atoms with Gasteiger partial charge in [0, 0.05) is 5.92 Å². The molecule has 0 radical (unpaired) electrons. The number of rotatable bonds is 6. The van der Waals surface area contributed by atoms with Gasteiger partial charge in [-0.05, 0) is 56.9 Å². The molecule has 1 aliphatic rings. The number of benzene rings is 2. The maximum absolute atomic E-state index is 10.7. The van der Waals surface area contributed by atoms with Gasteiger partial charge in [0.05, 0.1) is 17.6 Å². The molecule has 1 fully saturated rings. The molecule has 0 aliphatic heterocycles. The van der Waals surface area contributed by atoms with Crippen molar-refractivity contribution in [3.8, 4) is 5.75 Å². The van der Waals surface area contributed by atoms with Gasteiger partial charge in [0.25, 0.3) is 0 Å². The van der Waals surface area contributed by atoms with Crippen LogP contribution in [-0.2, 0) is 6.54 Å². The lowest BCUT2D eigenvalue weighted by atomic mass is 9.85. The summed E-state index contributed by atoms with van der Waals surface area (Å²) in [7, 11) is 0. The maximum Gasteiger partial charge on any atom is 0.125 e. The second kappa shape index (κ2) is 8.54. The molecule has 3 aromatic rings. The number of aliphatic hydroxyl groups is 1. The second-order valence-electron chi connectivity index (χ2n) is 7.89. The Labute approximate surface area is 173 Å². The maximum atomic E-state index is 10.7. The molecule has 0 spiro atoms. The van der Waals surface area contributed by atoms with Crippen LogP contribution in [0.15, 0.2) is 36.4 Å². The van der Waals surface area contributed by atoms with Crippen molar-refractivity contribution in [3.05, 3.63) is 58.9 Å². The number of ether oxygens (including phenoxy) is 1. The molecule has 5 heteroatoms. The Morgan fingerprint density at radius 3 is 2.46 bits per heavy atom. The largest absolute Gasteiger partial charge is 0.490 e. The SMILES string of the molecule is Cc1cc(C)c(OCC(O)Cn2c(C3CCC3)nc3ccccc32)c(C)c1.Cl. The third-order valence-corrected chi connectivity index (χ3v) is 5.57. The van der Waals surface area contributed by atoms with Crippen LogP contribution in [0.1, 0.15) is 47.7 Å². The molecule has 2 aromatic carbocycles. The van der Waals surface area contributed by atoms with Crippen LogP contribution in [-0.4, -0.2) is 27.4 Å². The summed E-state index contributed by atoms with van der Waals surface area (Å²) >= 11 is 0. The topological polar surface area (TPSA) is 47.3 Å². The van der Waals surface area contributed by atoms with Crippen molar-refractivity contribution >= 4 is 23.4 Å². The Kier molecular flexibility index (Phi) is 6.31. The fourth-order valence-corrected chi connectivity index (χ4v) is 4.10. The lowest BCUT2D eigenvalue weighted by molar-refractivity contribution is 0.0913. The third-order valence-electron chi connectivity index (χ3n) is 5.57. The van der Waals surface area contributed by atoms with Crippen molar-refractivity contribution in [1.29, 1.82) is 0 Å². The van der Waals surface area contributed by atoms with E-state index < -0.39 is 6.10 Å². The number of imidazole rings is 1. The van der Waals surface area contributed by atoms with E-state index in [1.165, 1.54) is 24.8 Å². The van der Waals surface area contributed by atoms with Gasteiger partial charge in [-0.1, -0.05) is 36.2 Å². The van der Waals surface area contributed by atoms with Gasteiger partial charge in [-0.25, -0.2) is 4.98 Å². The van der Waals surface area contributed by atoms with E-state index in [1.807, 2.05) is 12.1 Å². The standard InChI is InChI=1S/C23H28N2O2.ClH/c1-15-11-16(2)22(17(3)12-15)27-14-19(26)13-25-21-10-5-4-9-20(21)24-23(25)18-7-6-8-18;/h4-5,9-12,18-19,26H,6-8,13-14H2,1-3H3;1H. The summed E-state index contributed by atoms with van der Waals surface area (Å²) in [6.45, 7) is 6.99. The number of para-hydroxylation sites is 2. The van der Waals surface area contributed by atoms with E-state index in [0.29, 0.717) is 12.5 Å². The zero-order chi connectivity index (χ0) is 19.0. The van der Waals surface area contributed by atoms with Crippen LogP contribution < -0.4 is 4.74 Å². The summed E-state index contributed by atoms with van der Waals surface area (Å²) < 4.78 is 8.20. The molecule has 1 heterocycles. The molecule has 4 nitrogen and oxygen atoms in total. The molecule has 0 saturated heterocycles. The van der Waals surface area contributed by atoms with Gasteiger partial charge in [0.1, 0.15) is 24.3 Å². The molecule has 28 heavy (non-hydrogen) atoms. The molecule has 1 aromatic heterocycles. The highest BCUT2D eigenvalue weighted by Crippen LogP contribution is 2.37. The van der Waals surface area contributed by atoms with Crippen LogP contribution in [0.25, 0.3) is 11.0 Å². The van der Waals surface area contributed by atoms with Gasteiger partial charge >= 0.3 is 0 Å². The summed E-state index contributed by atoms with van der Waals surface area (Å²) in [4.78, 5) is 4.85.